The maximum Gasteiger partial charge on any atom is 0.265 e. The predicted molar refractivity (Wildman–Crippen MR) is 139 cm³/mol. The van der Waals surface area contributed by atoms with Crippen LogP contribution in [0.25, 0.3) is 0 Å². The minimum Gasteiger partial charge on any atom is -0.497 e. The smallest absolute Gasteiger partial charge is 0.265 e. The Morgan fingerprint density at radius 3 is 2.49 bits per heavy atom. The Balaban J connectivity index is 1.92. The van der Waals surface area contributed by atoms with Crippen LogP contribution < -0.4 is 14.8 Å². The molecule has 3 atom stereocenters. The lowest BCUT2D eigenvalue weighted by Crippen LogP contribution is -2.55. The van der Waals surface area contributed by atoms with Gasteiger partial charge in [-0.05, 0) is 44.4 Å². The number of benzene rings is 2. The summed E-state index contributed by atoms with van der Waals surface area (Å²) in [6, 6.07) is 13.5. The highest BCUT2D eigenvalue weighted by atomic mass is 16.7. The van der Waals surface area contributed by atoms with Gasteiger partial charge in [-0.25, -0.2) is 0 Å². The van der Waals surface area contributed by atoms with Crippen LogP contribution in [0.5, 0.6) is 11.5 Å². The third-order valence-corrected chi connectivity index (χ3v) is 6.33. The maximum absolute atomic E-state index is 14.3. The largest absolute Gasteiger partial charge is 0.497 e. The fourth-order valence-corrected chi connectivity index (χ4v) is 4.64. The van der Waals surface area contributed by atoms with E-state index in [1.54, 1.807) is 30.2 Å². The minimum absolute atomic E-state index is 0.0550. The van der Waals surface area contributed by atoms with Crippen LogP contribution in [-0.2, 0) is 25.5 Å². The van der Waals surface area contributed by atoms with E-state index in [4.69, 9.17) is 18.9 Å². The first kappa shape index (κ1) is 26.4. The quantitative estimate of drug-likeness (QED) is 0.598. The highest BCUT2D eigenvalue weighted by molar-refractivity contribution is 5.93. The number of hydrogen-bond acceptors (Lipinski definition) is 6. The van der Waals surface area contributed by atoms with Crippen LogP contribution in [0.2, 0.25) is 0 Å². The van der Waals surface area contributed by atoms with E-state index in [1.807, 2.05) is 65.0 Å². The summed E-state index contributed by atoms with van der Waals surface area (Å²) in [7, 11) is 1.57. The fourth-order valence-electron chi connectivity index (χ4n) is 4.64. The molecular weight excluding hydrogens is 472 g/mol. The van der Waals surface area contributed by atoms with Crippen LogP contribution in [0.4, 0.5) is 0 Å². The van der Waals surface area contributed by atoms with E-state index in [0.29, 0.717) is 29.2 Å². The molecule has 0 aliphatic carbocycles. The number of ether oxygens (including phenoxy) is 4. The van der Waals surface area contributed by atoms with Crippen molar-refractivity contribution in [1.29, 1.82) is 0 Å². The molecule has 0 aromatic heterocycles. The first-order chi connectivity index (χ1) is 17.6. The molecule has 0 radical (unpaired) electrons. The van der Waals surface area contributed by atoms with E-state index in [-0.39, 0.29) is 24.5 Å². The van der Waals surface area contributed by atoms with Crippen LogP contribution >= 0.6 is 0 Å². The Morgan fingerprint density at radius 1 is 1.16 bits per heavy atom. The monoisotopic (exact) mass is 508 g/mol. The summed E-state index contributed by atoms with van der Waals surface area (Å²) in [5.41, 5.74) is 1.05. The number of rotatable bonds is 7. The highest BCUT2D eigenvalue weighted by Gasteiger charge is 2.47. The van der Waals surface area contributed by atoms with Crippen molar-refractivity contribution >= 4 is 11.8 Å². The average molecular weight is 509 g/mol. The Labute approximate surface area is 218 Å². The van der Waals surface area contributed by atoms with E-state index in [2.05, 4.69) is 5.32 Å². The van der Waals surface area contributed by atoms with E-state index in [0.717, 1.165) is 5.56 Å². The molecule has 0 saturated heterocycles. The zero-order chi connectivity index (χ0) is 26.7. The lowest BCUT2D eigenvalue weighted by atomic mass is 9.95. The van der Waals surface area contributed by atoms with E-state index >= 15 is 0 Å². The molecule has 1 N–H and O–H groups in total. The van der Waals surface area contributed by atoms with E-state index in [9.17, 15) is 9.59 Å². The zero-order valence-electron chi connectivity index (χ0n) is 22.3. The first-order valence-electron chi connectivity index (χ1n) is 12.6. The molecule has 198 valence electrons. The van der Waals surface area contributed by atoms with Crippen molar-refractivity contribution in [2.45, 2.75) is 64.8 Å². The standard InChI is InChI=1S/C29H36N2O6/c1-18(2)26-28(33)31(22(24-16-35-17-36-24)14-19-10-8-7-9-11-19)25(27(32)30-29(3,4)5)21-13-12-20(34-6)15-23(21)37-26/h7-13,15-16,18,22,25-26H,14,17H2,1-6H3,(H,30,32). The van der Waals surface area contributed by atoms with Crippen LogP contribution in [0.3, 0.4) is 0 Å². The van der Waals surface area contributed by atoms with Crippen LogP contribution in [0.1, 0.15) is 51.8 Å². The lowest BCUT2D eigenvalue weighted by molar-refractivity contribution is -0.150. The van der Waals surface area contributed by atoms with Gasteiger partial charge in [0.25, 0.3) is 5.91 Å². The first-order valence-corrected chi connectivity index (χ1v) is 12.6. The Hall–Kier alpha value is -3.68. The molecule has 4 rings (SSSR count). The van der Waals surface area contributed by atoms with Gasteiger partial charge >= 0.3 is 0 Å². The van der Waals surface area contributed by atoms with Gasteiger partial charge in [0.15, 0.2) is 11.9 Å². The number of carbonyl (C=O) groups excluding carboxylic acids is 2. The molecule has 3 unspecified atom stereocenters. The summed E-state index contributed by atoms with van der Waals surface area (Å²) in [5, 5.41) is 3.08. The van der Waals surface area contributed by atoms with Crippen LogP contribution in [0.15, 0.2) is 60.6 Å². The number of methoxy groups -OCH3 is 1. The number of carbonyl (C=O) groups is 2. The van der Waals surface area contributed by atoms with E-state index in [1.165, 1.54) is 6.26 Å². The van der Waals surface area contributed by atoms with Crippen molar-refractivity contribution in [3.8, 4) is 11.5 Å². The molecule has 0 saturated carbocycles. The van der Waals surface area contributed by atoms with Gasteiger partial charge in [0.05, 0.1) is 13.2 Å². The van der Waals surface area contributed by atoms with Gasteiger partial charge in [-0.2, -0.15) is 0 Å². The molecule has 0 bridgehead atoms. The molecular formula is C29H36N2O6. The van der Waals surface area contributed by atoms with Crippen molar-refractivity contribution in [3.05, 3.63) is 71.7 Å². The van der Waals surface area contributed by atoms with Crippen molar-refractivity contribution in [1.82, 2.24) is 10.2 Å². The van der Waals surface area contributed by atoms with Crippen LogP contribution in [-0.4, -0.2) is 48.3 Å². The summed E-state index contributed by atoms with van der Waals surface area (Å²) >= 11 is 0. The SMILES string of the molecule is COc1ccc2c(c1)OC(C(C)C)C(=O)N(C(Cc1ccccc1)C1=COCO1)C2C(=O)NC(C)(C)C. The molecule has 2 amide bonds. The third-order valence-electron chi connectivity index (χ3n) is 6.33. The third kappa shape index (κ3) is 5.84. The number of nitrogens with zero attached hydrogens (tertiary/aromatic N) is 1. The molecule has 2 heterocycles. The van der Waals surface area contributed by atoms with Gasteiger partial charge in [-0.15, -0.1) is 0 Å². The number of amides is 2. The Morgan fingerprint density at radius 2 is 1.89 bits per heavy atom. The van der Waals surface area contributed by atoms with Crippen molar-refractivity contribution in [3.63, 3.8) is 0 Å². The Bertz CT molecular complexity index is 1150. The van der Waals surface area contributed by atoms with Crippen molar-refractivity contribution in [2.75, 3.05) is 13.9 Å². The highest BCUT2D eigenvalue weighted by Crippen LogP contribution is 2.41. The summed E-state index contributed by atoms with van der Waals surface area (Å²) in [6.07, 6.45) is 1.14. The minimum atomic E-state index is -0.977. The summed E-state index contributed by atoms with van der Waals surface area (Å²) in [5.74, 6) is 0.748. The zero-order valence-corrected chi connectivity index (χ0v) is 22.3. The van der Waals surface area contributed by atoms with Gasteiger partial charge in [-0.1, -0.05) is 44.2 Å². The van der Waals surface area contributed by atoms with Crippen molar-refractivity contribution < 1.29 is 28.5 Å². The number of nitrogens with one attached hydrogen (secondary N) is 1. The molecule has 2 aromatic rings. The van der Waals surface area contributed by atoms with E-state index < -0.39 is 23.7 Å². The van der Waals surface area contributed by atoms with Gasteiger partial charge in [-0.3, -0.25) is 9.59 Å². The molecule has 2 aliphatic heterocycles. The summed E-state index contributed by atoms with van der Waals surface area (Å²) in [6.45, 7) is 9.64. The van der Waals surface area contributed by atoms with Gasteiger partial charge in [0.2, 0.25) is 12.7 Å². The fraction of sp³-hybridized carbons (Fsp3) is 0.448. The normalized spacial score (nSPS) is 20.1. The van der Waals surface area contributed by atoms with Crippen LogP contribution in [0, 0.1) is 5.92 Å². The Kier molecular flexibility index (Phi) is 7.66. The van der Waals surface area contributed by atoms with Gasteiger partial charge in [0, 0.05) is 23.6 Å². The average Bonchev–Trinajstić information content (AvgIpc) is 3.34. The second-order valence-electron chi connectivity index (χ2n) is 10.7. The lowest BCUT2D eigenvalue weighted by Gasteiger charge is -2.38. The molecule has 0 spiro atoms. The summed E-state index contributed by atoms with van der Waals surface area (Å²) in [4.78, 5) is 30.0. The topological polar surface area (TPSA) is 86.3 Å². The second kappa shape index (κ2) is 10.7. The second-order valence-corrected chi connectivity index (χ2v) is 10.7. The number of hydrogen-bond donors (Lipinski definition) is 1. The molecule has 8 heteroatoms. The van der Waals surface area contributed by atoms with Gasteiger partial charge < -0.3 is 29.2 Å². The molecule has 37 heavy (non-hydrogen) atoms. The van der Waals surface area contributed by atoms with Gasteiger partial charge in [0.1, 0.15) is 23.8 Å². The summed E-state index contributed by atoms with van der Waals surface area (Å²) < 4.78 is 23.0. The molecule has 2 aliphatic rings. The molecule has 2 aromatic carbocycles. The predicted octanol–water partition coefficient (Wildman–Crippen LogP) is 4.35. The number of fused-ring (bicyclic) bond motifs is 1. The molecule has 0 fully saturated rings. The maximum atomic E-state index is 14.3. The van der Waals surface area contributed by atoms with Crippen molar-refractivity contribution in [2.24, 2.45) is 5.92 Å². The molecule has 8 nitrogen and oxygen atoms in total.